The number of thiophene rings is 1. The van der Waals surface area contributed by atoms with Gasteiger partial charge in [0.25, 0.3) is 0 Å². The number of piperazine rings is 1. The van der Waals surface area contributed by atoms with Crippen LogP contribution in [0.2, 0.25) is 0 Å². The third kappa shape index (κ3) is 4.33. The molecule has 1 amide bonds. The quantitative estimate of drug-likeness (QED) is 0.376. The van der Waals surface area contributed by atoms with E-state index in [0.717, 1.165) is 32.0 Å². The van der Waals surface area contributed by atoms with Crippen LogP contribution in [0.15, 0.2) is 67.3 Å². The van der Waals surface area contributed by atoms with Gasteiger partial charge in [-0.05, 0) is 34.2 Å². The summed E-state index contributed by atoms with van der Waals surface area (Å²) < 4.78 is 1.44. The normalized spacial score (nSPS) is 13.9. The summed E-state index contributed by atoms with van der Waals surface area (Å²) in [5.74, 6) is 1.54. The zero-order valence-electron chi connectivity index (χ0n) is 18.7. The van der Waals surface area contributed by atoms with Crippen molar-refractivity contribution in [3.05, 3.63) is 67.3 Å². The standard InChI is InChI=1S/C24H21N9OS/c34-21(15-33-16-26-29-30-33)31-9-11-32(12-10-31)23-19-13-20(17-5-2-1-3-6-17)35-24(19)28-22(27-23)18-7-4-8-25-14-18/h1-8,13-14,16H,9-12,15H2. The number of pyridine rings is 1. The summed E-state index contributed by atoms with van der Waals surface area (Å²) in [6, 6.07) is 16.3. The number of hydrogen-bond acceptors (Lipinski definition) is 9. The molecule has 1 fully saturated rings. The smallest absolute Gasteiger partial charge is 0.244 e. The van der Waals surface area contributed by atoms with Crippen molar-refractivity contribution in [2.24, 2.45) is 0 Å². The highest BCUT2D eigenvalue weighted by Crippen LogP contribution is 2.38. The fourth-order valence-electron chi connectivity index (χ4n) is 4.18. The van der Waals surface area contributed by atoms with Gasteiger partial charge >= 0.3 is 0 Å². The maximum Gasteiger partial charge on any atom is 0.244 e. The molecule has 174 valence electrons. The van der Waals surface area contributed by atoms with E-state index in [2.05, 4.69) is 43.6 Å². The molecule has 0 spiro atoms. The van der Waals surface area contributed by atoms with Gasteiger partial charge in [0.2, 0.25) is 5.91 Å². The summed E-state index contributed by atoms with van der Waals surface area (Å²) >= 11 is 1.66. The lowest BCUT2D eigenvalue weighted by Crippen LogP contribution is -2.50. The summed E-state index contributed by atoms with van der Waals surface area (Å²) in [7, 11) is 0. The number of aromatic nitrogens is 7. The van der Waals surface area contributed by atoms with Crippen LogP contribution in [0, 0.1) is 0 Å². The minimum atomic E-state index is 0.00253. The van der Waals surface area contributed by atoms with E-state index in [1.807, 2.05) is 35.2 Å². The van der Waals surface area contributed by atoms with Gasteiger partial charge in [0.05, 0.1) is 5.39 Å². The Morgan fingerprint density at radius 1 is 0.971 bits per heavy atom. The van der Waals surface area contributed by atoms with Crippen LogP contribution in [0.4, 0.5) is 5.82 Å². The van der Waals surface area contributed by atoms with Crippen LogP contribution in [-0.2, 0) is 11.3 Å². The number of anilines is 1. The Morgan fingerprint density at radius 3 is 2.54 bits per heavy atom. The van der Waals surface area contributed by atoms with Crippen LogP contribution >= 0.6 is 11.3 Å². The van der Waals surface area contributed by atoms with E-state index in [-0.39, 0.29) is 12.5 Å². The van der Waals surface area contributed by atoms with Gasteiger partial charge in [-0.1, -0.05) is 30.3 Å². The minimum absolute atomic E-state index is 0.00253. The number of carbonyl (C=O) groups is 1. The third-order valence-electron chi connectivity index (χ3n) is 5.97. The monoisotopic (exact) mass is 483 g/mol. The average Bonchev–Trinajstić information content (AvgIpc) is 3.59. The lowest BCUT2D eigenvalue weighted by atomic mass is 10.1. The summed E-state index contributed by atoms with van der Waals surface area (Å²) in [6.45, 7) is 2.70. The highest BCUT2D eigenvalue weighted by atomic mass is 32.1. The zero-order chi connectivity index (χ0) is 23.6. The second-order valence-electron chi connectivity index (χ2n) is 8.18. The van der Waals surface area contributed by atoms with Crippen LogP contribution in [-0.4, -0.2) is 72.1 Å². The van der Waals surface area contributed by atoms with E-state index in [0.29, 0.717) is 32.0 Å². The Kier molecular flexibility index (Phi) is 5.59. The zero-order valence-corrected chi connectivity index (χ0v) is 19.5. The molecule has 1 saturated heterocycles. The highest BCUT2D eigenvalue weighted by Gasteiger charge is 2.25. The summed E-state index contributed by atoms with van der Waals surface area (Å²) in [5, 5.41) is 12.0. The maximum absolute atomic E-state index is 12.7. The van der Waals surface area contributed by atoms with E-state index >= 15 is 0 Å². The van der Waals surface area contributed by atoms with E-state index in [4.69, 9.17) is 9.97 Å². The maximum atomic E-state index is 12.7. The number of tetrazole rings is 1. The summed E-state index contributed by atoms with van der Waals surface area (Å²) in [5.41, 5.74) is 2.03. The topological polar surface area (TPSA) is 106 Å². The molecule has 1 aliphatic rings. The first-order valence-corrected chi connectivity index (χ1v) is 12.1. The second-order valence-corrected chi connectivity index (χ2v) is 9.21. The molecule has 0 N–H and O–H groups in total. The Labute approximate surface area is 204 Å². The van der Waals surface area contributed by atoms with E-state index in [1.54, 1.807) is 23.7 Å². The molecule has 0 aliphatic carbocycles. The molecule has 0 atom stereocenters. The molecule has 5 aromatic rings. The first-order chi connectivity index (χ1) is 17.2. The van der Waals surface area contributed by atoms with Crippen LogP contribution in [0.25, 0.3) is 32.0 Å². The molecule has 0 saturated carbocycles. The number of hydrogen-bond donors (Lipinski definition) is 0. The average molecular weight is 484 g/mol. The van der Waals surface area contributed by atoms with E-state index < -0.39 is 0 Å². The molecule has 4 aromatic heterocycles. The number of rotatable bonds is 5. The predicted octanol–water partition coefficient (Wildman–Crippen LogP) is 2.76. The molecule has 10 nitrogen and oxygen atoms in total. The molecule has 6 rings (SSSR count). The van der Waals surface area contributed by atoms with Gasteiger partial charge in [-0.2, -0.15) is 0 Å². The Balaban J connectivity index is 1.32. The highest BCUT2D eigenvalue weighted by molar-refractivity contribution is 7.22. The number of benzene rings is 1. The Morgan fingerprint density at radius 2 is 1.80 bits per heavy atom. The van der Waals surface area contributed by atoms with Crippen molar-refractivity contribution in [2.75, 3.05) is 31.1 Å². The van der Waals surface area contributed by atoms with Gasteiger partial charge < -0.3 is 9.80 Å². The minimum Gasteiger partial charge on any atom is -0.352 e. The fourth-order valence-corrected chi connectivity index (χ4v) is 5.21. The molecular weight excluding hydrogens is 462 g/mol. The molecule has 5 heterocycles. The SMILES string of the molecule is O=C(Cn1cnnn1)N1CCN(c2nc(-c3cccnc3)nc3sc(-c4ccccc4)cc23)CC1. The van der Waals surface area contributed by atoms with Crippen molar-refractivity contribution < 1.29 is 4.79 Å². The molecular formula is C24H21N9OS. The largest absolute Gasteiger partial charge is 0.352 e. The van der Waals surface area contributed by atoms with Gasteiger partial charge in [-0.3, -0.25) is 9.78 Å². The number of nitrogens with zero attached hydrogens (tertiary/aromatic N) is 9. The van der Waals surface area contributed by atoms with Crippen molar-refractivity contribution in [1.82, 2.24) is 40.1 Å². The van der Waals surface area contributed by atoms with Crippen molar-refractivity contribution >= 4 is 33.3 Å². The molecule has 11 heteroatoms. The van der Waals surface area contributed by atoms with Gasteiger partial charge in [0, 0.05) is 49.0 Å². The molecule has 0 unspecified atom stereocenters. The predicted molar refractivity (Wildman–Crippen MR) is 133 cm³/mol. The molecule has 0 radical (unpaired) electrons. The van der Waals surface area contributed by atoms with Gasteiger partial charge in [0.1, 0.15) is 23.5 Å². The Hall–Kier alpha value is -4.25. The summed E-state index contributed by atoms with van der Waals surface area (Å²) in [6.07, 6.45) is 4.98. The first-order valence-electron chi connectivity index (χ1n) is 11.3. The fraction of sp³-hybridized carbons (Fsp3) is 0.208. The second kappa shape index (κ2) is 9.18. The van der Waals surface area contributed by atoms with Crippen molar-refractivity contribution in [1.29, 1.82) is 0 Å². The van der Waals surface area contributed by atoms with Gasteiger partial charge in [0.15, 0.2) is 5.82 Å². The lowest BCUT2D eigenvalue weighted by molar-refractivity contribution is -0.132. The molecule has 0 bridgehead atoms. The molecule has 35 heavy (non-hydrogen) atoms. The van der Waals surface area contributed by atoms with E-state index in [1.165, 1.54) is 11.0 Å². The number of amides is 1. The first kappa shape index (κ1) is 21.3. The lowest BCUT2D eigenvalue weighted by Gasteiger charge is -2.35. The third-order valence-corrected chi connectivity index (χ3v) is 7.05. The van der Waals surface area contributed by atoms with Crippen LogP contribution in [0.3, 0.4) is 0 Å². The van der Waals surface area contributed by atoms with E-state index in [9.17, 15) is 4.79 Å². The van der Waals surface area contributed by atoms with Crippen molar-refractivity contribution in [3.63, 3.8) is 0 Å². The molecule has 1 aliphatic heterocycles. The van der Waals surface area contributed by atoms with Crippen LogP contribution in [0.1, 0.15) is 0 Å². The summed E-state index contributed by atoms with van der Waals surface area (Å²) in [4.78, 5) is 33.0. The van der Waals surface area contributed by atoms with Crippen molar-refractivity contribution in [3.8, 4) is 21.8 Å². The van der Waals surface area contributed by atoms with Gasteiger partial charge in [-0.25, -0.2) is 14.6 Å². The number of carbonyl (C=O) groups excluding carboxylic acids is 1. The van der Waals surface area contributed by atoms with Crippen molar-refractivity contribution in [2.45, 2.75) is 6.54 Å². The van der Waals surface area contributed by atoms with Crippen LogP contribution in [0.5, 0.6) is 0 Å². The van der Waals surface area contributed by atoms with Crippen LogP contribution < -0.4 is 4.90 Å². The van der Waals surface area contributed by atoms with Gasteiger partial charge in [-0.15, -0.1) is 16.4 Å². The number of fused-ring (bicyclic) bond motifs is 1. The Bertz CT molecular complexity index is 1450. The molecule has 1 aromatic carbocycles.